The molecule has 2 atom stereocenters. The quantitative estimate of drug-likeness (QED) is 0.835. The molecule has 0 bridgehead atoms. The van der Waals surface area contributed by atoms with Crippen molar-refractivity contribution in [2.24, 2.45) is 0 Å². The van der Waals surface area contributed by atoms with Crippen LogP contribution in [0.2, 0.25) is 0 Å². The van der Waals surface area contributed by atoms with Crippen LogP contribution in [0.15, 0.2) is 29.2 Å². The van der Waals surface area contributed by atoms with Crippen molar-refractivity contribution < 1.29 is 9.50 Å². The van der Waals surface area contributed by atoms with Gasteiger partial charge < -0.3 is 5.11 Å². The maximum Gasteiger partial charge on any atom is 0.123 e. The Bertz CT molecular complexity index is 312. The predicted molar refractivity (Wildman–Crippen MR) is 60.5 cm³/mol. The lowest BCUT2D eigenvalue weighted by atomic mass is 9.97. The van der Waals surface area contributed by atoms with E-state index in [1.54, 1.807) is 23.9 Å². The van der Waals surface area contributed by atoms with Crippen LogP contribution in [0.3, 0.4) is 0 Å². The highest BCUT2D eigenvalue weighted by molar-refractivity contribution is 8.00. The van der Waals surface area contributed by atoms with Crippen molar-refractivity contribution in [1.82, 2.24) is 0 Å². The number of thioether (sulfide) groups is 1. The van der Waals surface area contributed by atoms with Gasteiger partial charge in [0.25, 0.3) is 0 Å². The highest BCUT2D eigenvalue weighted by atomic mass is 32.2. The zero-order valence-corrected chi connectivity index (χ0v) is 9.34. The van der Waals surface area contributed by atoms with Crippen molar-refractivity contribution in [3.05, 3.63) is 30.1 Å². The van der Waals surface area contributed by atoms with Crippen molar-refractivity contribution in [3.63, 3.8) is 0 Å². The van der Waals surface area contributed by atoms with Crippen LogP contribution in [0, 0.1) is 5.82 Å². The summed E-state index contributed by atoms with van der Waals surface area (Å²) in [6.45, 7) is 0. The van der Waals surface area contributed by atoms with Crippen molar-refractivity contribution in [2.75, 3.05) is 0 Å². The van der Waals surface area contributed by atoms with Gasteiger partial charge in [-0.3, -0.25) is 0 Å². The van der Waals surface area contributed by atoms with E-state index in [0.717, 1.165) is 24.2 Å². The Morgan fingerprint density at radius 3 is 2.47 bits per heavy atom. The van der Waals surface area contributed by atoms with Crippen molar-refractivity contribution in [3.8, 4) is 0 Å². The highest BCUT2D eigenvalue weighted by Gasteiger charge is 2.23. The Balaban J connectivity index is 1.98. The maximum absolute atomic E-state index is 12.7. The molecule has 1 saturated carbocycles. The number of aliphatic hydroxyl groups excluding tert-OH is 1. The average Bonchev–Trinajstić information content (AvgIpc) is 2.25. The Hall–Kier alpha value is -0.540. The molecule has 2 rings (SSSR count). The first kappa shape index (κ1) is 11.0. The number of hydrogen-bond donors (Lipinski definition) is 1. The molecule has 15 heavy (non-hydrogen) atoms. The van der Waals surface area contributed by atoms with Gasteiger partial charge in [0.1, 0.15) is 5.82 Å². The first-order valence-corrected chi connectivity index (χ1v) is 6.24. The molecule has 1 aliphatic carbocycles. The molecule has 1 aromatic rings. The zero-order valence-electron chi connectivity index (χ0n) is 8.53. The molecule has 0 radical (unpaired) electrons. The van der Waals surface area contributed by atoms with Gasteiger partial charge in [0.2, 0.25) is 0 Å². The lowest BCUT2D eigenvalue weighted by Crippen LogP contribution is -2.26. The topological polar surface area (TPSA) is 20.2 Å². The monoisotopic (exact) mass is 226 g/mol. The molecule has 0 amide bonds. The van der Waals surface area contributed by atoms with E-state index in [4.69, 9.17) is 0 Å². The van der Waals surface area contributed by atoms with Gasteiger partial charge in [0, 0.05) is 10.1 Å². The molecule has 0 aliphatic heterocycles. The Morgan fingerprint density at radius 2 is 1.80 bits per heavy atom. The van der Waals surface area contributed by atoms with Gasteiger partial charge in [-0.15, -0.1) is 11.8 Å². The fourth-order valence-electron chi connectivity index (χ4n) is 1.90. The molecule has 1 aromatic carbocycles. The minimum atomic E-state index is -0.205. The predicted octanol–water partition coefficient (Wildman–Crippen LogP) is 3.22. The van der Waals surface area contributed by atoms with E-state index in [2.05, 4.69) is 0 Å². The number of hydrogen-bond acceptors (Lipinski definition) is 2. The minimum Gasteiger partial charge on any atom is -0.392 e. The van der Waals surface area contributed by atoms with E-state index in [-0.39, 0.29) is 17.2 Å². The molecular weight excluding hydrogens is 211 g/mol. The van der Waals surface area contributed by atoms with Gasteiger partial charge in [-0.1, -0.05) is 12.8 Å². The average molecular weight is 226 g/mol. The lowest BCUT2D eigenvalue weighted by molar-refractivity contribution is 0.137. The SMILES string of the molecule is OC1CCCCC1Sc1ccc(F)cc1. The van der Waals surface area contributed by atoms with E-state index < -0.39 is 0 Å². The zero-order chi connectivity index (χ0) is 10.7. The number of aliphatic hydroxyl groups is 1. The van der Waals surface area contributed by atoms with Crippen molar-refractivity contribution in [2.45, 2.75) is 41.9 Å². The molecule has 1 nitrogen and oxygen atoms in total. The van der Waals surface area contributed by atoms with Gasteiger partial charge in [0.05, 0.1) is 6.10 Å². The Labute approximate surface area is 93.7 Å². The lowest BCUT2D eigenvalue weighted by Gasteiger charge is -2.26. The Morgan fingerprint density at radius 1 is 1.13 bits per heavy atom. The third-order valence-electron chi connectivity index (χ3n) is 2.77. The van der Waals surface area contributed by atoms with Crippen LogP contribution in [-0.2, 0) is 0 Å². The van der Waals surface area contributed by atoms with E-state index >= 15 is 0 Å². The maximum atomic E-state index is 12.7. The first-order chi connectivity index (χ1) is 7.25. The number of rotatable bonds is 2. The van der Waals surface area contributed by atoms with Crippen molar-refractivity contribution >= 4 is 11.8 Å². The summed E-state index contributed by atoms with van der Waals surface area (Å²) in [5.41, 5.74) is 0. The molecule has 1 N–H and O–H groups in total. The third kappa shape index (κ3) is 2.95. The van der Waals surface area contributed by atoms with E-state index in [1.165, 1.54) is 18.6 Å². The highest BCUT2D eigenvalue weighted by Crippen LogP contribution is 2.33. The number of halogens is 1. The van der Waals surface area contributed by atoms with Crippen LogP contribution in [0.5, 0.6) is 0 Å². The summed E-state index contributed by atoms with van der Waals surface area (Å²) < 4.78 is 12.7. The van der Waals surface area contributed by atoms with Crippen LogP contribution in [-0.4, -0.2) is 16.5 Å². The third-order valence-corrected chi connectivity index (χ3v) is 4.17. The molecular formula is C12H15FOS. The molecule has 0 saturated heterocycles. The summed E-state index contributed by atoms with van der Waals surface area (Å²) in [6, 6.07) is 6.50. The molecule has 0 spiro atoms. The second kappa shape index (κ2) is 4.99. The van der Waals surface area contributed by atoms with Crippen LogP contribution in [0.1, 0.15) is 25.7 Å². The normalized spacial score (nSPS) is 26.5. The second-order valence-electron chi connectivity index (χ2n) is 3.96. The van der Waals surface area contributed by atoms with Gasteiger partial charge >= 0.3 is 0 Å². The van der Waals surface area contributed by atoms with Gasteiger partial charge in [0.15, 0.2) is 0 Å². The molecule has 0 aromatic heterocycles. The van der Waals surface area contributed by atoms with Gasteiger partial charge in [-0.25, -0.2) is 4.39 Å². The summed E-state index contributed by atoms with van der Waals surface area (Å²) in [7, 11) is 0. The fourth-order valence-corrected chi connectivity index (χ4v) is 3.12. The molecule has 1 fully saturated rings. The molecule has 0 heterocycles. The molecule has 82 valence electrons. The van der Waals surface area contributed by atoms with Crippen LogP contribution < -0.4 is 0 Å². The van der Waals surface area contributed by atoms with Crippen LogP contribution in [0.25, 0.3) is 0 Å². The minimum absolute atomic E-state index is 0.200. The smallest absolute Gasteiger partial charge is 0.123 e. The van der Waals surface area contributed by atoms with E-state index in [9.17, 15) is 9.50 Å². The molecule has 1 aliphatic rings. The Kier molecular flexibility index (Phi) is 3.65. The number of benzene rings is 1. The van der Waals surface area contributed by atoms with Crippen molar-refractivity contribution in [1.29, 1.82) is 0 Å². The van der Waals surface area contributed by atoms with E-state index in [0.29, 0.717) is 0 Å². The molecule has 3 heteroatoms. The summed E-state index contributed by atoms with van der Waals surface area (Å²) in [6.07, 6.45) is 4.08. The summed E-state index contributed by atoms with van der Waals surface area (Å²) in [4.78, 5) is 1.04. The summed E-state index contributed by atoms with van der Waals surface area (Å²) in [5, 5.41) is 10.1. The fraction of sp³-hybridized carbons (Fsp3) is 0.500. The first-order valence-electron chi connectivity index (χ1n) is 5.36. The van der Waals surface area contributed by atoms with E-state index in [1.807, 2.05) is 0 Å². The van der Waals surface area contributed by atoms with Crippen LogP contribution in [0.4, 0.5) is 4.39 Å². The van der Waals surface area contributed by atoms with Gasteiger partial charge in [-0.2, -0.15) is 0 Å². The van der Waals surface area contributed by atoms with Gasteiger partial charge in [-0.05, 0) is 37.1 Å². The summed E-state index contributed by atoms with van der Waals surface area (Å²) >= 11 is 1.66. The molecule has 2 unspecified atom stereocenters. The standard InChI is InChI=1S/C12H15FOS/c13-9-5-7-10(8-6-9)15-12-4-2-1-3-11(12)14/h5-8,11-12,14H,1-4H2. The largest absolute Gasteiger partial charge is 0.392 e. The second-order valence-corrected chi connectivity index (χ2v) is 5.27. The summed E-state index contributed by atoms with van der Waals surface area (Å²) in [5.74, 6) is -0.205. The van der Waals surface area contributed by atoms with Crippen LogP contribution >= 0.6 is 11.8 Å².